The predicted octanol–water partition coefficient (Wildman–Crippen LogP) is 3.23. The fourth-order valence-corrected chi connectivity index (χ4v) is 4.76. The second-order valence-corrected chi connectivity index (χ2v) is 7.65. The summed E-state index contributed by atoms with van der Waals surface area (Å²) in [5, 5.41) is 3.38. The highest BCUT2D eigenvalue weighted by Gasteiger charge is 2.20. The number of para-hydroxylation sites is 1. The molecule has 2 aromatic rings. The van der Waals surface area contributed by atoms with Gasteiger partial charge in [0, 0.05) is 16.3 Å². The summed E-state index contributed by atoms with van der Waals surface area (Å²) in [6.07, 6.45) is 0. The molecular weight excluding hydrogens is 316 g/mol. The van der Waals surface area contributed by atoms with Gasteiger partial charge >= 0.3 is 0 Å². The van der Waals surface area contributed by atoms with Crippen LogP contribution in [0.25, 0.3) is 0 Å². The van der Waals surface area contributed by atoms with Crippen molar-refractivity contribution >= 4 is 38.6 Å². The van der Waals surface area contributed by atoms with E-state index in [4.69, 9.17) is 11.6 Å². The second kappa shape index (κ2) is 6.13. The van der Waals surface area contributed by atoms with Crippen molar-refractivity contribution in [3.05, 3.63) is 45.1 Å². The zero-order chi connectivity index (χ0) is 14.8. The molecule has 1 heterocycles. The fourth-order valence-electron chi connectivity index (χ4n) is 1.80. The molecule has 0 aliphatic heterocycles. The zero-order valence-corrected chi connectivity index (χ0v) is 13.5. The van der Waals surface area contributed by atoms with Crippen molar-refractivity contribution in [2.75, 3.05) is 11.8 Å². The Hall–Kier alpha value is -1.08. The Morgan fingerprint density at radius 3 is 2.65 bits per heavy atom. The third-order valence-corrected chi connectivity index (χ3v) is 5.68. The van der Waals surface area contributed by atoms with E-state index in [1.807, 2.05) is 7.05 Å². The third kappa shape index (κ3) is 3.32. The van der Waals surface area contributed by atoms with Gasteiger partial charge in [-0.05, 0) is 32.2 Å². The Balaban J connectivity index is 2.33. The largest absolute Gasteiger partial charge is 0.315 e. The van der Waals surface area contributed by atoms with E-state index in [-0.39, 0.29) is 0 Å². The lowest BCUT2D eigenvalue weighted by molar-refractivity contribution is 0.601. The summed E-state index contributed by atoms with van der Waals surface area (Å²) in [6, 6.07) is 8.45. The summed E-state index contributed by atoms with van der Waals surface area (Å²) in [7, 11) is -1.79. The van der Waals surface area contributed by atoms with Gasteiger partial charge in [0.2, 0.25) is 0 Å². The molecule has 0 radical (unpaired) electrons. The van der Waals surface area contributed by atoms with Crippen LogP contribution in [-0.2, 0) is 16.6 Å². The average molecular weight is 331 g/mol. The van der Waals surface area contributed by atoms with Crippen LogP contribution in [0.2, 0.25) is 5.02 Å². The molecule has 0 unspecified atom stereocenters. The molecule has 1 aromatic heterocycles. The van der Waals surface area contributed by atoms with Crippen LogP contribution < -0.4 is 10.0 Å². The first kappa shape index (κ1) is 15.3. The van der Waals surface area contributed by atoms with E-state index in [9.17, 15) is 8.42 Å². The number of thiophene rings is 1. The van der Waals surface area contributed by atoms with E-state index in [1.54, 1.807) is 37.3 Å². The second-order valence-electron chi connectivity index (χ2n) is 4.25. The minimum Gasteiger partial charge on any atom is -0.315 e. The minimum atomic E-state index is -3.62. The highest BCUT2D eigenvalue weighted by atomic mass is 35.5. The molecule has 1 aromatic carbocycles. The van der Waals surface area contributed by atoms with Crippen LogP contribution >= 0.6 is 22.9 Å². The molecule has 0 aliphatic rings. The molecule has 0 saturated heterocycles. The van der Waals surface area contributed by atoms with Crippen LogP contribution in [0.15, 0.2) is 35.2 Å². The molecule has 0 atom stereocenters. The van der Waals surface area contributed by atoms with Crippen LogP contribution in [0.4, 0.5) is 5.69 Å². The molecule has 108 valence electrons. The van der Waals surface area contributed by atoms with Crippen LogP contribution in [-0.4, -0.2) is 15.5 Å². The molecule has 0 fully saturated rings. The summed E-state index contributed by atoms with van der Waals surface area (Å²) in [5.74, 6) is 0. The van der Waals surface area contributed by atoms with Crippen molar-refractivity contribution in [3.63, 3.8) is 0 Å². The molecule has 0 bridgehead atoms. The van der Waals surface area contributed by atoms with Crippen molar-refractivity contribution in [1.82, 2.24) is 5.32 Å². The first-order chi connectivity index (χ1) is 9.44. The smallest absolute Gasteiger partial charge is 0.263 e. The van der Waals surface area contributed by atoms with Crippen molar-refractivity contribution in [2.24, 2.45) is 0 Å². The van der Waals surface area contributed by atoms with Gasteiger partial charge in [0.05, 0.1) is 10.7 Å². The third-order valence-electron chi connectivity index (χ3n) is 2.68. The van der Waals surface area contributed by atoms with Gasteiger partial charge in [0.1, 0.15) is 4.90 Å². The average Bonchev–Trinajstić information content (AvgIpc) is 2.74. The monoisotopic (exact) mass is 330 g/mol. The first-order valence-electron chi connectivity index (χ1n) is 5.95. The number of aryl methyl sites for hydroxylation is 1. The van der Waals surface area contributed by atoms with E-state index >= 15 is 0 Å². The van der Waals surface area contributed by atoms with E-state index < -0.39 is 10.0 Å². The first-order valence-corrected chi connectivity index (χ1v) is 8.63. The summed E-state index contributed by atoms with van der Waals surface area (Å²) >= 11 is 7.44. The molecule has 20 heavy (non-hydrogen) atoms. The predicted molar refractivity (Wildman–Crippen MR) is 84.1 cm³/mol. The SMILES string of the molecule is CNCc1cc(S(=O)(=O)Nc2ccccc2Cl)c(C)s1. The van der Waals surface area contributed by atoms with Gasteiger partial charge in [0.15, 0.2) is 0 Å². The minimum absolute atomic E-state index is 0.299. The Bertz CT molecular complexity index is 711. The molecule has 7 heteroatoms. The van der Waals surface area contributed by atoms with Gasteiger partial charge in [-0.3, -0.25) is 4.72 Å². The van der Waals surface area contributed by atoms with Gasteiger partial charge in [-0.2, -0.15) is 0 Å². The molecule has 0 aliphatic carbocycles. The molecule has 0 saturated carbocycles. The van der Waals surface area contributed by atoms with Gasteiger partial charge in [-0.25, -0.2) is 8.42 Å². The molecule has 2 N–H and O–H groups in total. The number of rotatable bonds is 5. The molecule has 4 nitrogen and oxygen atoms in total. The molecular formula is C13H15ClN2O2S2. The number of benzene rings is 1. The maximum absolute atomic E-state index is 12.4. The van der Waals surface area contributed by atoms with Crippen molar-refractivity contribution in [2.45, 2.75) is 18.4 Å². The Morgan fingerprint density at radius 2 is 2.00 bits per heavy atom. The molecule has 2 rings (SSSR count). The lowest BCUT2D eigenvalue weighted by Crippen LogP contribution is -2.13. The van der Waals surface area contributed by atoms with Crippen LogP contribution in [0, 0.1) is 6.92 Å². The number of sulfonamides is 1. The standard InChI is InChI=1S/C13H15ClN2O2S2/c1-9-13(7-10(19-9)8-15-2)20(17,18)16-12-6-4-3-5-11(12)14/h3-7,15-16H,8H2,1-2H3. The summed E-state index contributed by atoms with van der Waals surface area (Å²) in [6.45, 7) is 2.44. The van der Waals surface area contributed by atoms with Gasteiger partial charge in [-0.1, -0.05) is 23.7 Å². The lowest BCUT2D eigenvalue weighted by atomic mass is 10.3. The van der Waals surface area contributed by atoms with Crippen molar-refractivity contribution < 1.29 is 8.42 Å². The number of halogens is 1. The van der Waals surface area contributed by atoms with E-state index in [0.717, 1.165) is 9.75 Å². The van der Waals surface area contributed by atoms with Crippen LogP contribution in [0.5, 0.6) is 0 Å². The Labute approximate surface area is 127 Å². The molecule has 0 spiro atoms. The van der Waals surface area contributed by atoms with Crippen molar-refractivity contribution in [3.8, 4) is 0 Å². The normalized spacial score (nSPS) is 11.6. The van der Waals surface area contributed by atoms with E-state index in [1.165, 1.54) is 11.3 Å². The number of hydrogen-bond acceptors (Lipinski definition) is 4. The zero-order valence-electron chi connectivity index (χ0n) is 11.1. The highest BCUT2D eigenvalue weighted by molar-refractivity contribution is 7.93. The fraction of sp³-hybridized carbons (Fsp3) is 0.231. The van der Waals surface area contributed by atoms with E-state index in [0.29, 0.717) is 22.2 Å². The highest BCUT2D eigenvalue weighted by Crippen LogP contribution is 2.29. The topological polar surface area (TPSA) is 58.2 Å². The summed E-state index contributed by atoms with van der Waals surface area (Å²) in [5.41, 5.74) is 0.384. The lowest BCUT2D eigenvalue weighted by Gasteiger charge is -2.08. The molecule has 0 amide bonds. The Kier molecular flexibility index (Phi) is 4.70. The van der Waals surface area contributed by atoms with Crippen LogP contribution in [0.1, 0.15) is 9.75 Å². The van der Waals surface area contributed by atoms with Crippen LogP contribution in [0.3, 0.4) is 0 Å². The van der Waals surface area contributed by atoms with Gasteiger partial charge in [-0.15, -0.1) is 11.3 Å². The number of anilines is 1. The summed E-state index contributed by atoms with van der Waals surface area (Å²) in [4.78, 5) is 2.03. The van der Waals surface area contributed by atoms with Crippen molar-refractivity contribution in [1.29, 1.82) is 0 Å². The maximum Gasteiger partial charge on any atom is 0.263 e. The summed E-state index contributed by atoms with van der Waals surface area (Å²) < 4.78 is 27.3. The van der Waals surface area contributed by atoms with E-state index in [2.05, 4.69) is 10.0 Å². The van der Waals surface area contributed by atoms with Gasteiger partial charge < -0.3 is 5.32 Å². The number of hydrogen-bond donors (Lipinski definition) is 2. The quantitative estimate of drug-likeness (QED) is 0.885. The number of nitrogens with one attached hydrogen (secondary N) is 2. The Morgan fingerprint density at radius 1 is 1.30 bits per heavy atom. The maximum atomic E-state index is 12.4. The van der Waals surface area contributed by atoms with Gasteiger partial charge in [0.25, 0.3) is 10.0 Å².